The van der Waals surface area contributed by atoms with E-state index in [0.29, 0.717) is 0 Å². The monoisotopic (exact) mass is 373 g/mol. The number of rotatable bonds is 6. The van der Waals surface area contributed by atoms with Crippen LogP contribution in [0.15, 0.2) is 41.3 Å². The van der Waals surface area contributed by atoms with Crippen molar-refractivity contribution in [3.63, 3.8) is 0 Å². The highest BCUT2D eigenvalue weighted by molar-refractivity contribution is 7.82. The van der Waals surface area contributed by atoms with Gasteiger partial charge in [-0.1, -0.05) is 31.0 Å². The number of hydrogen-bond acceptors (Lipinski definition) is 3. The summed E-state index contributed by atoms with van der Waals surface area (Å²) in [5, 5.41) is 0. The molecular weight excluding hydrogens is 346 g/mol. The predicted molar refractivity (Wildman–Crippen MR) is 105 cm³/mol. The van der Waals surface area contributed by atoms with Crippen LogP contribution in [0.4, 0.5) is 0 Å². The van der Waals surface area contributed by atoms with E-state index in [2.05, 4.69) is 23.4 Å². The molecule has 2 atom stereocenters. The van der Waals surface area contributed by atoms with E-state index >= 15 is 0 Å². The highest BCUT2D eigenvalue weighted by Crippen LogP contribution is 2.41. The first-order valence-electron chi connectivity index (χ1n) is 9.09. The van der Waals surface area contributed by atoms with Crippen LogP contribution in [0.25, 0.3) is 0 Å². The second kappa shape index (κ2) is 8.23. The molecule has 1 aliphatic rings. The van der Waals surface area contributed by atoms with Gasteiger partial charge in [0, 0.05) is 12.6 Å². The van der Waals surface area contributed by atoms with E-state index in [4.69, 9.17) is 9.47 Å². The van der Waals surface area contributed by atoms with E-state index in [0.717, 1.165) is 42.2 Å². The summed E-state index contributed by atoms with van der Waals surface area (Å²) in [6.45, 7) is 4.99. The average Bonchev–Trinajstić information content (AvgIpc) is 2.67. The number of hydrogen-bond donors (Lipinski definition) is 0. The zero-order valence-corrected chi connectivity index (χ0v) is 16.8. The number of aryl methyl sites for hydroxylation is 1. The highest BCUT2D eigenvalue weighted by atomic mass is 32.2. The van der Waals surface area contributed by atoms with Crippen molar-refractivity contribution in [2.24, 2.45) is 0 Å². The Labute approximate surface area is 158 Å². The quantitative estimate of drug-likeness (QED) is 0.752. The summed E-state index contributed by atoms with van der Waals surface area (Å²) in [7, 11) is 2.15. The van der Waals surface area contributed by atoms with Crippen LogP contribution >= 0.6 is 0 Å². The number of ether oxygens (including phenoxy) is 2. The minimum Gasteiger partial charge on any atom is -0.493 e. The van der Waals surface area contributed by atoms with Gasteiger partial charge in [0.05, 0.1) is 19.1 Å². The standard InChI is InChI=1S/C21H27NO3S/c1-5-6-19-18-14-21(25-4)20(24-3)13-16(18)11-12-22(19)26(23)17-9-7-15(2)8-10-17/h7-10,13-14,19H,5-6,11-12H2,1-4H3. The zero-order chi connectivity index (χ0) is 18.7. The third-order valence-corrected chi connectivity index (χ3v) is 6.49. The lowest BCUT2D eigenvalue weighted by Crippen LogP contribution is -2.37. The van der Waals surface area contributed by atoms with Crippen molar-refractivity contribution in [3.8, 4) is 11.5 Å². The Morgan fingerprint density at radius 1 is 1.12 bits per heavy atom. The Hall–Kier alpha value is -1.85. The third-order valence-electron chi connectivity index (χ3n) is 4.95. The second-order valence-corrected chi connectivity index (χ2v) is 8.10. The van der Waals surface area contributed by atoms with Crippen molar-refractivity contribution < 1.29 is 13.7 Å². The van der Waals surface area contributed by atoms with E-state index in [9.17, 15) is 4.21 Å². The molecule has 0 N–H and O–H groups in total. The molecule has 0 aliphatic carbocycles. The van der Waals surface area contributed by atoms with Gasteiger partial charge in [0.15, 0.2) is 11.5 Å². The first kappa shape index (κ1) is 18.9. The maximum absolute atomic E-state index is 13.3. The molecule has 2 unspecified atom stereocenters. The van der Waals surface area contributed by atoms with Crippen molar-refractivity contribution in [2.75, 3.05) is 20.8 Å². The van der Waals surface area contributed by atoms with Gasteiger partial charge in [-0.3, -0.25) is 0 Å². The molecule has 3 rings (SSSR count). The predicted octanol–water partition coefficient (Wildman–Crippen LogP) is 4.43. The highest BCUT2D eigenvalue weighted by Gasteiger charge is 2.32. The SMILES string of the molecule is CCCC1c2cc(OC)c(OC)cc2CCN1S(=O)c1ccc(C)cc1. The molecule has 0 aromatic heterocycles. The van der Waals surface area contributed by atoms with Crippen molar-refractivity contribution in [1.82, 2.24) is 4.31 Å². The van der Waals surface area contributed by atoms with Gasteiger partial charge in [0.1, 0.15) is 11.0 Å². The number of methoxy groups -OCH3 is 2. The lowest BCUT2D eigenvalue weighted by molar-refractivity contribution is 0.302. The molecule has 1 aliphatic heterocycles. The van der Waals surface area contributed by atoms with Crippen LogP contribution in [0.1, 0.15) is 42.5 Å². The van der Waals surface area contributed by atoms with E-state index in [1.807, 2.05) is 31.2 Å². The summed E-state index contributed by atoms with van der Waals surface area (Å²) in [6.07, 6.45) is 2.84. The van der Waals surface area contributed by atoms with Crippen LogP contribution in [0, 0.1) is 6.92 Å². The van der Waals surface area contributed by atoms with Gasteiger partial charge in [-0.05, 0) is 55.2 Å². The Bertz CT molecular complexity index is 789. The average molecular weight is 374 g/mol. The molecule has 1 heterocycles. The Kier molecular flexibility index (Phi) is 5.99. The van der Waals surface area contributed by atoms with Crippen LogP contribution in [0.3, 0.4) is 0 Å². The Morgan fingerprint density at radius 3 is 2.38 bits per heavy atom. The lowest BCUT2D eigenvalue weighted by Gasteiger charge is -2.36. The summed E-state index contributed by atoms with van der Waals surface area (Å²) >= 11 is 0. The summed E-state index contributed by atoms with van der Waals surface area (Å²) in [6, 6.07) is 12.2. The molecule has 0 spiro atoms. The third kappa shape index (κ3) is 3.64. The van der Waals surface area contributed by atoms with Gasteiger partial charge in [0.2, 0.25) is 0 Å². The number of nitrogens with zero attached hydrogens (tertiary/aromatic N) is 1. The van der Waals surface area contributed by atoms with Crippen LogP contribution in [-0.2, 0) is 17.4 Å². The Morgan fingerprint density at radius 2 is 1.77 bits per heavy atom. The fraction of sp³-hybridized carbons (Fsp3) is 0.429. The largest absolute Gasteiger partial charge is 0.493 e. The summed E-state index contributed by atoms with van der Waals surface area (Å²) < 4.78 is 26.3. The first-order valence-corrected chi connectivity index (χ1v) is 10.2. The normalized spacial score (nSPS) is 18.2. The van der Waals surface area contributed by atoms with E-state index in [-0.39, 0.29) is 6.04 Å². The van der Waals surface area contributed by atoms with Gasteiger partial charge in [-0.25, -0.2) is 8.51 Å². The van der Waals surface area contributed by atoms with Gasteiger partial charge in [-0.2, -0.15) is 0 Å². The molecular formula is C21H27NO3S. The van der Waals surface area contributed by atoms with Gasteiger partial charge >= 0.3 is 0 Å². The molecule has 0 saturated carbocycles. The lowest BCUT2D eigenvalue weighted by atomic mass is 9.91. The molecule has 26 heavy (non-hydrogen) atoms. The molecule has 0 saturated heterocycles. The fourth-order valence-corrected chi connectivity index (χ4v) is 4.91. The topological polar surface area (TPSA) is 38.8 Å². The molecule has 2 aromatic carbocycles. The zero-order valence-electron chi connectivity index (χ0n) is 16.0. The van der Waals surface area contributed by atoms with Crippen LogP contribution < -0.4 is 9.47 Å². The molecule has 4 nitrogen and oxygen atoms in total. The van der Waals surface area contributed by atoms with Crippen molar-refractivity contribution in [3.05, 3.63) is 53.1 Å². The Balaban J connectivity index is 1.99. The van der Waals surface area contributed by atoms with Gasteiger partial charge in [0.25, 0.3) is 0 Å². The molecule has 140 valence electrons. The van der Waals surface area contributed by atoms with Crippen molar-refractivity contribution in [2.45, 2.75) is 44.0 Å². The molecule has 5 heteroatoms. The maximum atomic E-state index is 13.3. The van der Waals surface area contributed by atoms with Crippen molar-refractivity contribution >= 4 is 11.0 Å². The van der Waals surface area contributed by atoms with E-state index in [1.54, 1.807) is 14.2 Å². The molecule has 0 bridgehead atoms. The number of fused-ring (bicyclic) bond motifs is 1. The van der Waals surface area contributed by atoms with Crippen LogP contribution in [0.2, 0.25) is 0 Å². The molecule has 0 radical (unpaired) electrons. The minimum absolute atomic E-state index is 0.116. The molecule has 0 amide bonds. The first-order chi connectivity index (χ1) is 12.6. The summed E-state index contributed by atoms with van der Waals surface area (Å²) in [5.41, 5.74) is 3.64. The summed E-state index contributed by atoms with van der Waals surface area (Å²) in [4.78, 5) is 0.862. The smallest absolute Gasteiger partial charge is 0.161 e. The molecule has 2 aromatic rings. The maximum Gasteiger partial charge on any atom is 0.161 e. The number of benzene rings is 2. The van der Waals surface area contributed by atoms with E-state index < -0.39 is 11.0 Å². The van der Waals surface area contributed by atoms with Crippen LogP contribution in [-0.4, -0.2) is 29.3 Å². The van der Waals surface area contributed by atoms with Gasteiger partial charge in [-0.15, -0.1) is 0 Å². The second-order valence-electron chi connectivity index (χ2n) is 6.66. The van der Waals surface area contributed by atoms with Crippen molar-refractivity contribution in [1.29, 1.82) is 0 Å². The summed E-state index contributed by atoms with van der Waals surface area (Å²) in [5.74, 6) is 1.49. The van der Waals surface area contributed by atoms with E-state index in [1.165, 1.54) is 16.7 Å². The van der Waals surface area contributed by atoms with Crippen LogP contribution in [0.5, 0.6) is 11.5 Å². The minimum atomic E-state index is -1.17. The van der Waals surface area contributed by atoms with Gasteiger partial charge < -0.3 is 9.47 Å². The molecule has 0 fully saturated rings. The fourth-order valence-electron chi connectivity index (χ4n) is 3.57.